The Hall–Kier alpha value is -1.61. The lowest BCUT2D eigenvalue weighted by molar-refractivity contribution is 0.0450. The zero-order valence-corrected chi connectivity index (χ0v) is 18.1. The second-order valence-electron chi connectivity index (χ2n) is 6.20. The Morgan fingerprint density at radius 2 is 1.86 bits per heavy atom. The number of benzene rings is 2. The molecule has 0 N–H and O–H groups in total. The van der Waals surface area contributed by atoms with Crippen LogP contribution in [0.2, 0.25) is 5.02 Å². The molecule has 0 amide bonds. The maximum atomic E-state index is 12.7. The first-order chi connectivity index (χ1) is 13.4. The van der Waals surface area contributed by atoms with Crippen LogP contribution >= 0.6 is 27.5 Å². The Bertz CT molecular complexity index is 961. The fourth-order valence-corrected chi connectivity index (χ4v) is 5.23. The first-order valence-corrected chi connectivity index (χ1v) is 11.3. The van der Waals surface area contributed by atoms with Crippen molar-refractivity contribution in [2.75, 3.05) is 26.3 Å². The van der Waals surface area contributed by atoms with E-state index in [-0.39, 0.29) is 28.7 Å². The van der Waals surface area contributed by atoms with Gasteiger partial charge in [-0.1, -0.05) is 33.6 Å². The first kappa shape index (κ1) is 21.1. The molecule has 150 valence electrons. The molecule has 0 saturated carbocycles. The lowest BCUT2D eigenvalue weighted by Gasteiger charge is -2.17. The van der Waals surface area contributed by atoms with Gasteiger partial charge < -0.3 is 9.47 Å². The summed E-state index contributed by atoms with van der Waals surface area (Å²) in [7, 11) is -3.73. The minimum absolute atomic E-state index is 0.0299. The Morgan fingerprint density at radius 1 is 1.11 bits per heavy atom. The highest BCUT2D eigenvalue weighted by Crippen LogP contribution is 2.28. The van der Waals surface area contributed by atoms with Crippen molar-refractivity contribution in [3.8, 4) is 5.75 Å². The monoisotopic (exact) mass is 487 g/mol. The molecule has 1 aliphatic rings. The van der Waals surface area contributed by atoms with Gasteiger partial charge in [0, 0.05) is 17.6 Å². The van der Waals surface area contributed by atoms with Crippen LogP contribution in [0, 0.1) is 0 Å². The van der Waals surface area contributed by atoms with E-state index >= 15 is 0 Å². The molecule has 0 unspecified atom stereocenters. The second kappa shape index (κ2) is 9.26. The molecule has 1 aliphatic heterocycles. The molecule has 3 rings (SSSR count). The fraction of sp³-hybridized carbons (Fsp3) is 0.316. The lowest BCUT2D eigenvalue weighted by atomic mass is 10.2. The van der Waals surface area contributed by atoms with Crippen molar-refractivity contribution in [2.24, 2.45) is 0 Å². The van der Waals surface area contributed by atoms with Crippen molar-refractivity contribution < 1.29 is 22.7 Å². The van der Waals surface area contributed by atoms with Gasteiger partial charge in [-0.05, 0) is 49.2 Å². The highest BCUT2D eigenvalue weighted by atomic mass is 79.9. The van der Waals surface area contributed by atoms with E-state index in [0.717, 1.165) is 17.3 Å². The van der Waals surface area contributed by atoms with E-state index < -0.39 is 16.0 Å². The second-order valence-corrected chi connectivity index (χ2v) is 9.43. The van der Waals surface area contributed by atoms with Gasteiger partial charge in [-0.3, -0.25) is 0 Å². The summed E-state index contributed by atoms with van der Waals surface area (Å²) in [5.41, 5.74) is 0.129. The van der Waals surface area contributed by atoms with E-state index in [2.05, 4.69) is 15.9 Å². The van der Waals surface area contributed by atoms with Gasteiger partial charge in [-0.25, -0.2) is 13.2 Å². The van der Waals surface area contributed by atoms with Crippen LogP contribution in [0.25, 0.3) is 0 Å². The zero-order chi connectivity index (χ0) is 20.1. The van der Waals surface area contributed by atoms with Crippen LogP contribution in [0.3, 0.4) is 0 Å². The summed E-state index contributed by atoms with van der Waals surface area (Å²) < 4.78 is 38.4. The predicted molar refractivity (Wildman–Crippen MR) is 109 cm³/mol. The van der Waals surface area contributed by atoms with Gasteiger partial charge in [0.1, 0.15) is 23.9 Å². The molecule has 0 aliphatic carbocycles. The number of hydrogen-bond donors (Lipinski definition) is 0. The molecule has 2 aromatic rings. The summed E-state index contributed by atoms with van der Waals surface area (Å²) >= 11 is 9.44. The van der Waals surface area contributed by atoms with Gasteiger partial charge in [-0.2, -0.15) is 4.31 Å². The average molecular weight is 489 g/mol. The van der Waals surface area contributed by atoms with Crippen molar-refractivity contribution in [3.05, 3.63) is 57.5 Å². The molecule has 0 aromatic heterocycles. The summed E-state index contributed by atoms with van der Waals surface area (Å²) in [4.78, 5) is 12.2. The van der Waals surface area contributed by atoms with E-state index in [4.69, 9.17) is 21.1 Å². The molecular formula is C19H19BrClNO5S. The molecule has 0 spiro atoms. The van der Waals surface area contributed by atoms with Crippen LogP contribution in [0.15, 0.2) is 51.8 Å². The molecule has 2 aromatic carbocycles. The predicted octanol–water partition coefficient (Wildman–Crippen LogP) is 4.12. The maximum Gasteiger partial charge on any atom is 0.338 e. The number of esters is 1. The standard InChI is InChI=1S/C19H19BrClNO5S/c20-15-4-3-5-16(13-15)26-10-11-27-19(23)14-6-7-17(21)18(12-14)28(24,25)22-8-1-2-9-22/h3-7,12-13H,1-2,8-11H2. The number of carbonyl (C=O) groups is 1. The third kappa shape index (κ3) is 5.05. The summed E-state index contributed by atoms with van der Waals surface area (Å²) in [6.07, 6.45) is 1.63. The molecule has 0 atom stereocenters. The normalized spacial score (nSPS) is 14.8. The lowest BCUT2D eigenvalue weighted by Crippen LogP contribution is -2.28. The highest BCUT2D eigenvalue weighted by Gasteiger charge is 2.29. The van der Waals surface area contributed by atoms with Crippen molar-refractivity contribution in [2.45, 2.75) is 17.7 Å². The largest absolute Gasteiger partial charge is 0.490 e. The van der Waals surface area contributed by atoms with Crippen molar-refractivity contribution >= 4 is 43.5 Å². The average Bonchev–Trinajstić information content (AvgIpc) is 3.21. The summed E-state index contributed by atoms with van der Waals surface area (Å²) in [6.45, 7) is 1.12. The van der Waals surface area contributed by atoms with Crippen LogP contribution in [-0.4, -0.2) is 45.0 Å². The number of ether oxygens (including phenoxy) is 2. The van der Waals surface area contributed by atoms with Crippen LogP contribution in [-0.2, 0) is 14.8 Å². The molecule has 0 bridgehead atoms. The smallest absolute Gasteiger partial charge is 0.338 e. The number of nitrogens with zero attached hydrogens (tertiary/aromatic N) is 1. The van der Waals surface area contributed by atoms with Crippen molar-refractivity contribution in [1.29, 1.82) is 0 Å². The van der Waals surface area contributed by atoms with Gasteiger partial charge >= 0.3 is 5.97 Å². The molecule has 1 fully saturated rings. The van der Waals surface area contributed by atoms with Gasteiger partial charge in [0.2, 0.25) is 10.0 Å². The first-order valence-electron chi connectivity index (χ1n) is 8.73. The molecule has 0 radical (unpaired) electrons. The number of sulfonamides is 1. The summed E-state index contributed by atoms with van der Waals surface area (Å²) in [6, 6.07) is 11.4. The van der Waals surface area contributed by atoms with Crippen LogP contribution in [0.5, 0.6) is 5.75 Å². The maximum absolute atomic E-state index is 12.7. The Kier molecular flexibility index (Phi) is 6.98. The Labute approximate surface area is 177 Å². The highest BCUT2D eigenvalue weighted by molar-refractivity contribution is 9.10. The Morgan fingerprint density at radius 3 is 2.57 bits per heavy atom. The minimum Gasteiger partial charge on any atom is -0.490 e. The topological polar surface area (TPSA) is 72.9 Å². The molecule has 1 saturated heterocycles. The number of hydrogen-bond acceptors (Lipinski definition) is 5. The molecule has 1 heterocycles. The van der Waals surface area contributed by atoms with Crippen molar-refractivity contribution in [3.63, 3.8) is 0 Å². The molecule has 6 nitrogen and oxygen atoms in total. The van der Waals surface area contributed by atoms with E-state index in [9.17, 15) is 13.2 Å². The van der Waals surface area contributed by atoms with Gasteiger partial charge in [0.05, 0.1) is 10.6 Å². The fourth-order valence-electron chi connectivity index (χ4n) is 2.83. The minimum atomic E-state index is -3.73. The SMILES string of the molecule is O=C(OCCOc1cccc(Br)c1)c1ccc(Cl)c(S(=O)(=O)N2CCCC2)c1. The number of carbonyl (C=O) groups excluding carboxylic acids is 1. The van der Waals surface area contributed by atoms with E-state index in [1.165, 1.54) is 22.5 Å². The zero-order valence-electron chi connectivity index (χ0n) is 14.9. The molecule has 9 heteroatoms. The third-order valence-electron chi connectivity index (χ3n) is 4.23. The quantitative estimate of drug-likeness (QED) is 0.433. The number of rotatable bonds is 7. The van der Waals surface area contributed by atoms with Crippen molar-refractivity contribution in [1.82, 2.24) is 4.31 Å². The van der Waals surface area contributed by atoms with E-state index in [1.807, 2.05) is 12.1 Å². The summed E-state index contributed by atoms with van der Waals surface area (Å²) in [5, 5.41) is 0.0847. The van der Waals surface area contributed by atoms with Gasteiger partial charge in [-0.15, -0.1) is 0 Å². The Balaban J connectivity index is 1.62. The van der Waals surface area contributed by atoms with Gasteiger partial charge in [0.25, 0.3) is 0 Å². The molecular weight excluding hydrogens is 470 g/mol. The summed E-state index contributed by atoms with van der Waals surface area (Å²) in [5.74, 6) is 0.0169. The van der Waals surface area contributed by atoms with Crippen LogP contribution in [0.1, 0.15) is 23.2 Å². The van der Waals surface area contributed by atoms with Gasteiger partial charge in [0.15, 0.2) is 0 Å². The molecule has 28 heavy (non-hydrogen) atoms. The third-order valence-corrected chi connectivity index (χ3v) is 7.10. The van der Waals surface area contributed by atoms with E-state index in [1.54, 1.807) is 12.1 Å². The number of halogens is 2. The van der Waals surface area contributed by atoms with Crippen LogP contribution < -0.4 is 4.74 Å². The van der Waals surface area contributed by atoms with Crippen LogP contribution in [0.4, 0.5) is 0 Å². The van der Waals surface area contributed by atoms with E-state index in [0.29, 0.717) is 18.8 Å².